The van der Waals surface area contributed by atoms with E-state index in [1.807, 2.05) is 25.3 Å². The average molecular weight is 252 g/mol. The molecular formula is C15H12N2O2. The van der Waals surface area contributed by atoms with E-state index < -0.39 is 5.97 Å². The second-order valence-corrected chi connectivity index (χ2v) is 4.47. The number of fused-ring (bicyclic) bond motifs is 1. The van der Waals surface area contributed by atoms with Gasteiger partial charge in [0.05, 0.1) is 23.0 Å². The largest absolute Gasteiger partial charge is 0.478 e. The van der Waals surface area contributed by atoms with Gasteiger partial charge in [-0.2, -0.15) is 5.10 Å². The molecule has 3 rings (SSSR count). The standard InChI is InChI=1S/C15H12N2O2/c1-10-2-7-14-12(8-10)9-16-17(14)13-5-3-11(4-6-13)15(18)19/h2-9H,1H3,(H,18,19). The second kappa shape index (κ2) is 4.24. The van der Waals surface area contributed by atoms with Crippen molar-refractivity contribution in [3.63, 3.8) is 0 Å². The van der Waals surface area contributed by atoms with Crippen molar-refractivity contribution >= 4 is 16.9 Å². The van der Waals surface area contributed by atoms with Gasteiger partial charge < -0.3 is 5.11 Å². The van der Waals surface area contributed by atoms with E-state index in [9.17, 15) is 4.79 Å². The molecule has 0 saturated carbocycles. The molecule has 94 valence electrons. The Morgan fingerprint density at radius 3 is 2.58 bits per heavy atom. The summed E-state index contributed by atoms with van der Waals surface area (Å²) in [5, 5.41) is 14.3. The summed E-state index contributed by atoms with van der Waals surface area (Å²) < 4.78 is 1.81. The summed E-state index contributed by atoms with van der Waals surface area (Å²) in [6, 6.07) is 12.8. The Labute approximate surface area is 109 Å². The fraction of sp³-hybridized carbons (Fsp3) is 0.0667. The number of aromatic nitrogens is 2. The Bertz CT molecular complexity index is 757. The van der Waals surface area contributed by atoms with Gasteiger partial charge >= 0.3 is 5.97 Å². The zero-order valence-corrected chi connectivity index (χ0v) is 10.4. The summed E-state index contributed by atoms with van der Waals surface area (Å²) in [6.45, 7) is 2.04. The minimum atomic E-state index is -0.924. The predicted octanol–water partition coefficient (Wildman–Crippen LogP) is 3.03. The molecule has 0 spiro atoms. The number of carbonyl (C=O) groups is 1. The van der Waals surface area contributed by atoms with Crippen molar-refractivity contribution in [3.05, 3.63) is 59.8 Å². The maximum atomic E-state index is 10.8. The van der Waals surface area contributed by atoms with Gasteiger partial charge in [-0.25, -0.2) is 9.48 Å². The molecule has 0 atom stereocenters. The van der Waals surface area contributed by atoms with Crippen molar-refractivity contribution in [2.24, 2.45) is 0 Å². The Morgan fingerprint density at radius 1 is 1.16 bits per heavy atom. The van der Waals surface area contributed by atoms with Crippen molar-refractivity contribution in [2.75, 3.05) is 0 Å². The van der Waals surface area contributed by atoms with Crippen LogP contribution >= 0.6 is 0 Å². The van der Waals surface area contributed by atoms with Crippen LogP contribution in [-0.2, 0) is 0 Å². The third-order valence-electron chi connectivity index (χ3n) is 3.08. The average Bonchev–Trinajstić information content (AvgIpc) is 2.81. The number of rotatable bonds is 2. The quantitative estimate of drug-likeness (QED) is 0.762. The van der Waals surface area contributed by atoms with Crippen LogP contribution in [0.1, 0.15) is 15.9 Å². The van der Waals surface area contributed by atoms with Crippen LogP contribution in [0.2, 0.25) is 0 Å². The Balaban J connectivity index is 2.11. The monoisotopic (exact) mass is 252 g/mol. The van der Waals surface area contributed by atoms with Crippen LogP contribution in [0, 0.1) is 6.92 Å². The molecule has 0 fully saturated rings. The maximum Gasteiger partial charge on any atom is 0.335 e. The van der Waals surface area contributed by atoms with Gasteiger partial charge in [0.2, 0.25) is 0 Å². The molecule has 0 aliphatic carbocycles. The fourth-order valence-electron chi connectivity index (χ4n) is 2.10. The topological polar surface area (TPSA) is 55.1 Å². The first kappa shape index (κ1) is 11.5. The number of benzene rings is 2. The molecule has 0 amide bonds. The molecule has 2 aromatic carbocycles. The molecule has 0 aliphatic rings. The Hall–Kier alpha value is -2.62. The van der Waals surface area contributed by atoms with Crippen molar-refractivity contribution in [1.29, 1.82) is 0 Å². The highest BCUT2D eigenvalue weighted by atomic mass is 16.4. The molecule has 19 heavy (non-hydrogen) atoms. The van der Waals surface area contributed by atoms with Gasteiger partial charge in [-0.1, -0.05) is 11.6 Å². The van der Waals surface area contributed by atoms with Gasteiger partial charge in [0.25, 0.3) is 0 Å². The highest BCUT2D eigenvalue weighted by molar-refractivity contribution is 5.88. The molecular weight excluding hydrogens is 240 g/mol. The van der Waals surface area contributed by atoms with Gasteiger partial charge in [-0.15, -0.1) is 0 Å². The number of carboxylic acids is 1. The molecule has 1 aromatic heterocycles. The van der Waals surface area contributed by atoms with E-state index in [0.29, 0.717) is 0 Å². The number of hydrogen-bond donors (Lipinski definition) is 1. The van der Waals surface area contributed by atoms with E-state index >= 15 is 0 Å². The molecule has 1 heterocycles. The highest BCUT2D eigenvalue weighted by Crippen LogP contribution is 2.19. The molecule has 4 heteroatoms. The normalized spacial score (nSPS) is 10.8. The van der Waals surface area contributed by atoms with Gasteiger partial charge in [-0.05, 0) is 43.3 Å². The number of aromatic carboxylic acids is 1. The number of hydrogen-bond acceptors (Lipinski definition) is 2. The zero-order chi connectivity index (χ0) is 13.4. The summed E-state index contributed by atoms with van der Waals surface area (Å²) in [7, 11) is 0. The SMILES string of the molecule is Cc1ccc2c(cnn2-c2ccc(C(=O)O)cc2)c1. The van der Waals surface area contributed by atoms with E-state index in [1.165, 1.54) is 5.56 Å². The highest BCUT2D eigenvalue weighted by Gasteiger charge is 2.06. The fourth-order valence-corrected chi connectivity index (χ4v) is 2.10. The van der Waals surface area contributed by atoms with Gasteiger partial charge in [0.1, 0.15) is 0 Å². The molecule has 4 nitrogen and oxygen atoms in total. The van der Waals surface area contributed by atoms with E-state index in [1.54, 1.807) is 28.9 Å². The molecule has 0 aliphatic heterocycles. The van der Waals surface area contributed by atoms with Gasteiger partial charge in [0.15, 0.2) is 0 Å². The van der Waals surface area contributed by atoms with Crippen LogP contribution < -0.4 is 0 Å². The number of nitrogens with zero attached hydrogens (tertiary/aromatic N) is 2. The number of aryl methyl sites for hydroxylation is 1. The van der Waals surface area contributed by atoms with E-state index in [2.05, 4.69) is 11.2 Å². The first-order chi connectivity index (χ1) is 9.15. The minimum Gasteiger partial charge on any atom is -0.478 e. The summed E-state index contributed by atoms with van der Waals surface area (Å²) in [5.74, 6) is -0.924. The first-order valence-electron chi connectivity index (χ1n) is 5.93. The number of carboxylic acid groups (broad SMARTS) is 1. The van der Waals surface area contributed by atoms with Crippen LogP contribution in [0.3, 0.4) is 0 Å². The van der Waals surface area contributed by atoms with Crippen LogP contribution in [0.25, 0.3) is 16.6 Å². The zero-order valence-electron chi connectivity index (χ0n) is 10.4. The molecule has 1 N–H and O–H groups in total. The van der Waals surface area contributed by atoms with Crippen molar-refractivity contribution < 1.29 is 9.90 Å². The minimum absolute atomic E-state index is 0.274. The summed E-state index contributed by atoms with van der Waals surface area (Å²) in [6.07, 6.45) is 1.81. The second-order valence-electron chi connectivity index (χ2n) is 4.47. The third kappa shape index (κ3) is 1.97. The van der Waals surface area contributed by atoms with E-state index in [0.717, 1.165) is 16.6 Å². The van der Waals surface area contributed by atoms with Gasteiger partial charge in [0, 0.05) is 5.39 Å². The lowest BCUT2D eigenvalue weighted by Gasteiger charge is -2.04. The molecule has 0 bridgehead atoms. The van der Waals surface area contributed by atoms with Crippen LogP contribution in [0.4, 0.5) is 0 Å². The lowest BCUT2D eigenvalue weighted by Crippen LogP contribution is -1.99. The van der Waals surface area contributed by atoms with E-state index in [-0.39, 0.29) is 5.56 Å². The predicted molar refractivity (Wildman–Crippen MR) is 72.8 cm³/mol. The molecule has 0 unspecified atom stereocenters. The molecule has 0 saturated heterocycles. The smallest absolute Gasteiger partial charge is 0.335 e. The summed E-state index contributed by atoms with van der Waals surface area (Å²) in [4.78, 5) is 10.8. The van der Waals surface area contributed by atoms with E-state index in [4.69, 9.17) is 5.11 Å². The Morgan fingerprint density at radius 2 is 1.89 bits per heavy atom. The maximum absolute atomic E-state index is 10.8. The summed E-state index contributed by atoms with van der Waals surface area (Å²) >= 11 is 0. The van der Waals surface area contributed by atoms with Crippen molar-refractivity contribution in [2.45, 2.75) is 6.92 Å². The third-order valence-corrected chi connectivity index (χ3v) is 3.08. The van der Waals surface area contributed by atoms with Crippen molar-refractivity contribution in [1.82, 2.24) is 9.78 Å². The first-order valence-corrected chi connectivity index (χ1v) is 5.93. The Kier molecular flexibility index (Phi) is 2.56. The van der Waals surface area contributed by atoms with Crippen LogP contribution in [-0.4, -0.2) is 20.9 Å². The molecule has 0 radical (unpaired) electrons. The lowest BCUT2D eigenvalue weighted by molar-refractivity contribution is 0.0697. The lowest BCUT2D eigenvalue weighted by atomic mass is 10.2. The van der Waals surface area contributed by atoms with Crippen molar-refractivity contribution in [3.8, 4) is 5.69 Å². The van der Waals surface area contributed by atoms with Gasteiger partial charge in [-0.3, -0.25) is 0 Å². The van der Waals surface area contributed by atoms with Crippen LogP contribution in [0.5, 0.6) is 0 Å². The summed E-state index contributed by atoms with van der Waals surface area (Å²) in [5.41, 5.74) is 3.32. The van der Waals surface area contributed by atoms with Crippen LogP contribution in [0.15, 0.2) is 48.7 Å². The molecule has 3 aromatic rings.